The summed E-state index contributed by atoms with van der Waals surface area (Å²) in [6.07, 6.45) is 1.78. The normalized spacial score (nSPS) is 18.6. The minimum absolute atomic E-state index is 0.00627. The third kappa shape index (κ3) is 7.69. The van der Waals surface area contributed by atoms with Crippen molar-refractivity contribution in [2.24, 2.45) is 0 Å². The highest BCUT2D eigenvalue weighted by Gasteiger charge is 2.43. The lowest BCUT2D eigenvalue weighted by atomic mass is 10.1. The first-order valence-corrected chi connectivity index (χ1v) is 14.6. The summed E-state index contributed by atoms with van der Waals surface area (Å²) < 4.78 is 5.62. The molecule has 2 aromatic rings. The molecule has 0 bridgehead atoms. The lowest BCUT2D eigenvalue weighted by Gasteiger charge is -2.34. The number of ether oxygens (including phenoxy) is 1. The summed E-state index contributed by atoms with van der Waals surface area (Å²) in [4.78, 5) is 35.1. The van der Waals surface area contributed by atoms with Gasteiger partial charge in [-0.3, -0.25) is 14.5 Å². The molecule has 2 heterocycles. The lowest BCUT2D eigenvalue weighted by Crippen LogP contribution is -2.47. The zero-order valence-corrected chi connectivity index (χ0v) is 24.3. The molecule has 8 nitrogen and oxygen atoms in total. The van der Waals surface area contributed by atoms with E-state index in [2.05, 4.69) is 29.0 Å². The standard InChI is InChI=1S/C29H38ClN5O3S/c1-3-20-38-25-12-8-23(9-13-25)31-27(36)21-26-28(37)35(24-10-6-22(30)7-11-24)29(39)34(26)15-5-14-33-18-16-32(4-2)17-19-33/h6-13,26H,3-5,14-21H2,1-2H3,(H,31,36). The van der Waals surface area contributed by atoms with E-state index in [1.54, 1.807) is 36.4 Å². The quantitative estimate of drug-likeness (QED) is 0.377. The van der Waals surface area contributed by atoms with Crippen molar-refractivity contribution in [3.05, 3.63) is 53.6 Å². The fourth-order valence-electron chi connectivity index (χ4n) is 4.95. The molecule has 1 unspecified atom stereocenters. The van der Waals surface area contributed by atoms with Gasteiger partial charge in [0.1, 0.15) is 11.8 Å². The van der Waals surface area contributed by atoms with Gasteiger partial charge in [0.05, 0.1) is 18.7 Å². The van der Waals surface area contributed by atoms with Gasteiger partial charge in [-0.1, -0.05) is 25.4 Å². The largest absolute Gasteiger partial charge is 0.494 e. The summed E-state index contributed by atoms with van der Waals surface area (Å²) in [7, 11) is 0. The van der Waals surface area contributed by atoms with E-state index in [0.717, 1.165) is 57.9 Å². The molecule has 1 N–H and O–H groups in total. The fraction of sp³-hybridized carbons (Fsp3) is 0.483. The van der Waals surface area contributed by atoms with E-state index >= 15 is 0 Å². The molecule has 0 aliphatic carbocycles. The number of hydrogen-bond donors (Lipinski definition) is 1. The van der Waals surface area contributed by atoms with Crippen LogP contribution >= 0.6 is 23.8 Å². The molecular formula is C29H38ClN5O3S. The van der Waals surface area contributed by atoms with Gasteiger partial charge in [-0.05, 0) is 86.7 Å². The molecule has 2 aliphatic rings. The predicted octanol–water partition coefficient (Wildman–Crippen LogP) is 4.49. The van der Waals surface area contributed by atoms with Gasteiger partial charge < -0.3 is 24.8 Å². The van der Waals surface area contributed by atoms with Crippen LogP contribution in [0.5, 0.6) is 5.75 Å². The first kappa shape index (κ1) is 29.3. The first-order chi connectivity index (χ1) is 18.9. The number of nitrogens with one attached hydrogen (secondary N) is 1. The van der Waals surface area contributed by atoms with Crippen LogP contribution in [0, 0.1) is 0 Å². The number of nitrogens with zero attached hydrogens (tertiary/aromatic N) is 4. The van der Waals surface area contributed by atoms with Crippen LogP contribution in [0.15, 0.2) is 48.5 Å². The molecule has 210 valence electrons. The number of carbonyl (C=O) groups excluding carboxylic acids is 2. The average Bonchev–Trinajstić information content (AvgIpc) is 3.17. The van der Waals surface area contributed by atoms with E-state index in [1.807, 2.05) is 17.0 Å². The monoisotopic (exact) mass is 571 g/mol. The second kappa shape index (κ2) is 14.1. The van der Waals surface area contributed by atoms with E-state index < -0.39 is 6.04 Å². The number of benzene rings is 2. The second-order valence-electron chi connectivity index (χ2n) is 9.90. The maximum Gasteiger partial charge on any atom is 0.256 e. The number of halogens is 1. The van der Waals surface area contributed by atoms with E-state index in [0.29, 0.717) is 34.7 Å². The average molecular weight is 572 g/mol. The highest BCUT2D eigenvalue weighted by atomic mass is 35.5. The number of anilines is 2. The summed E-state index contributed by atoms with van der Waals surface area (Å²) in [6.45, 7) is 11.7. The minimum Gasteiger partial charge on any atom is -0.494 e. The van der Waals surface area contributed by atoms with Gasteiger partial charge in [-0.2, -0.15) is 0 Å². The maximum absolute atomic E-state index is 13.6. The van der Waals surface area contributed by atoms with Crippen LogP contribution in [0.3, 0.4) is 0 Å². The van der Waals surface area contributed by atoms with Crippen molar-refractivity contribution >= 4 is 52.1 Å². The van der Waals surface area contributed by atoms with Crippen molar-refractivity contribution in [1.82, 2.24) is 14.7 Å². The number of likely N-dealkylation sites (N-methyl/N-ethyl adjacent to an activating group) is 1. The topological polar surface area (TPSA) is 68.4 Å². The highest BCUT2D eigenvalue weighted by molar-refractivity contribution is 7.80. The molecular weight excluding hydrogens is 534 g/mol. The Bertz CT molecular complexity index is 1120. The van der Waals surface area contributed by atoms with Crippen LogP contribution in [-0.2, 0) is 9.59 Å². The minimum atomic E-state index is -0.669. The molecule has 2 aromatic carbocycles. The van der Waals surface area contributed by atoms with Gasteiger partial charge >= 0.3 is 0 Å². The van der Waals surface area contributed by atoms with Gasteiger partial charge in [0.15, 0.2) is 5.11 Å². The van der Waals surface area contributed by atoms with Gasteiger partial charge in [0.25, 0.3) is 5.91 Å². The Balaban J connectivity index is 1.42. The summed E-state index contributed by atoms with van der Waals surface area (Å²) in [5, 5.41) is 3.93. The fourth-order valence-corrected chi connectivity index (χ4v) is 5.49. The highest BCUT2D eigenvalue weighted by Crippen LogP contribution is 2.29. The Morgan fingerprint density at radius 1 is 1.00 bits per heavy atom. The van der Waals surface area contributed by atoms with Crippen molar-refractivity contribution in [3.63, 3.8) is 0 Å². The van der Waals surface area contributed by atoms with Crippen LogP contribution in [0.2, 0.25) is 5.02 Å². The van der Waals surface area contributed by atoms with Gasteiger partial charge in [-0.25, -0.2) is 0 Å². The molecule has 2 aliphatic heterocycles. The predicted molar refractivity (Wildman–Crippen MR) is 161 cm³/mol. The summed E-state index contributed by atoms with van der Waals surface area (Å²) in [5.74, 6) is 0.321. The van der Waals surface area contributed by atoms with Crippen molar-refractivity contribution in [2.75, 3.05) is 62.6 Å². The smallest absolute Gasteiger partial charge is 0.256 e. The third-order valence-electron chi connectivity index (χ3n) is 7.18. The van der Waals surface area contributed by atoms with E-state index in [1.165, 1.54) is 4.90 Å². The van der Waals surface area contributed by atoms with Crippen molar-refractivity contribution in [2.45, 2.75) is 39.2 Å². The zero-order chi connectivity index (χ0) is 27.8. The SMILES string of the molecule is CCCOc1ccc(NC(=O)CC2C(=O)N(c3ccc(Cl)cc3)C(=S)N2CCCN2CCN(CC)CC2)cc1. The summed E-state index contributed by atoms with van der Waals surface area (Å²) in [5.41, 5.74) is 1.31. The van der Waals surface area contributed by atoms with E-state index in [9.17, 15) is 9.59 Å². The Kier molecular flexibility index (Phi) is 10.6. The van der Waals surface area contributed by atoms with E-state index in [-0.39, 0.29) is 18.2 Å². The Labute approximate surface area is 241 Å². The molecule has 4 rings (SSSR count). The second-order valence-corrected chi connectivity index (χ2v) is 10.7. The maximum atomic E-state index is 13.6. The van der Waals surface area contributed by atoms with Crippen LogP contribution < -0.4 is 15.0 Å². The molecule has 0 radical (unpaired) electrons. The van der Waals surface area contributed by atoms with Crippen LogP contribution in [0.25, 0.3) is 0 Å². The number of rotatable bonds is 12. The molecule has 1 atom stereocenters. The van der Waals surface area contributed by atoms with Crippen LogP contribution in [0.4, 0.5) is 11.4 Å². The molecule has 2 amide bonds. The summed E-state index contributed by atoms with van der Waals surface area (Å²) >= 11 is 11.9. The number of thiocarbonyl (C=S) groups is 1. The molecule has 2 saturated heterocycles. The molecule has 0 aromatic heterocycles. The van der Waals surface area contributed by atoms with Crippen LogP contribution in [0.1, 0.15) is 33.1 Å². The summed E-state index contributed by atoms with van der Waals surface area (Å²) in [6, 6.07) is 13.6. The number of piperazine rings is 1. The molecule has 0 saturated carbocycles. The van der Waals surface area contributed by atoms with Crippen molar-refractivity contribution in [3.8, 4) is 5.75 Å². The zero-order valence-electron chi connectivity index (χ0n) is 22.8. The molecule has 10 heteroatoms. The lowest BCUT2D eigenvalue weighted by molar-refractivity contribution is -0.124. The van der Waals surface area contributed by atoms with Crippen molar-refractivity contribution in [1.29, 1.82) is 0 Å². The van der Waals surface area contributed by atoms with Gasteiger partial charge in [0, 0.05) is 43.4 Å². The number of amides is 2. The third-order valence-corrected chi connectivity index (χ3v) is 7.85. The molecule has 39 heavy (non-hydrogen) atoms. The van der Waals surface area contributed by atoms with E-state index in [4.69, 9.17) is 28.6 Å². The van der Waals surface area contributed by atoms with Crippen molar-refractivity contribution < 1.29 is 14.3 Å². The molecule has 0 spiro atoms. The van der Waals surface area contributed by atoms with Gasteiger partial charge in [0.2, 0.25) is 5.91 Å². The van der Waals surface area contributed by atoms with Crippen LogP contribution in [-0.4, -0.2) is 90.1 Å². The number of hydrogen-bond acceptors (Lipinski definition) is 6. The Hall–Kier alpha value is -2.72. The first-order valence-electron chi connectivity index (χ1n) is 13.8. The Morgan fingerprint density at radius 2 is 1.67 bits per heavy atom. The Morgan fingerprint density at radius 3 is 2.31 bits per heavy atom. The number of carbonyl (C=O) groups is 2. The molecule has 2 fully saturated rings. The van der Waals surface area contributed by atoms with Gasteiger partial charge in [-0.15, -0.1) is 0 Å².